The van der Waals surface area contributed by atoms with Crippen LogP contribution in [0.25, 0.3) is 21.8 Å². The maximum Gasteiger partial charge on any atom is 0.0644 e. The minimum Gasteiger partial charge on any atom is -0.399 e. The Morgan fingerprint density at radius 3 is 2.33 bits per heavy atom. The highest BCUT2D eigenvalue weighted by atomic mass is 16.5. The monoisotopic (exact) mass is 368 g/mol. The Kier molecular flexibility index (Phi) is 5.50. The number of aryl methyl sites for hydroxylation is 1. The maximum absolute atomic E-state index is 6.20. The SMILES string of the molecule is COC(C)(C)CCOC(C)(C)CCn1c2ccccc2c2cc(N)ccc21. The lowest BCUT2D eigenvalue weighted by Crippen LogP contribution is -2.31. The van der Waals surface area contributed by atoms with Crippen LogP contribution in [-0.2, 0) is 16.0 Å². The lowest BCUT2D eigenvalue weighted by Gasteiger charge is -2.29. The predicted molar refractivity (Wildman–Crippen MR) is 114 cm³/mol. The van der Waals surface area contributed by atoms with Crippen LogP contribution in [0, 0.1) is 0 Å². The largest absolute Gasteiger partial charge is 0.399 e. The van der Waals surface area contributed by atoms with Gasteiger partial charge in [0.05, 0.1) is 17.8 Å². The van der Waals surface area contributed by atoms with Crippen LogP contribution in [0.5, 0.6) is 0 Å². The van der Waals surface area contributed by atoms with Crippen LogP contribution in [0.2, 0.25) is 0 Å². The van der Waals surface area contributed by atoms with Gasteiger partial charge in [0.15, 0.2) is 0 Å². The fraction of sp³-hybridized carbons (Fsp3) is 0.478. The number of nitrogen functional groups attached to an aromatic ring is 1. The molecule has 4 nitrogen and oxygen atoms in total. The minimum absolute atomic E-state index is 0.150. The Morgan fingerprint density at radius 2 is 1.59 bits per heavy atom. The van der Waals surface area contributed by atoms with Gasteiger partial charge in [0.2, 0.25) is 0 Å². The van der Waals surface area contributed by atoms with Crippen LogP contribution in [0.1, 0.15) is 40.5 Å². The summed E-state index contributed by atoms with van der Waals surface area (Å²) in [5.74, 6) is 0. The van der Waals surface area contributed by atoms with Crippen molar-refractivity contribution in [1.29, 1.82) is 0 Å². The van der Waals surface area contributed by atoms with Crippen LogP contribution in [0.15, 0.2) is 42.5 Å². The molecule has 146 valence electrons. The summed E-state index contributed by atoms with van der Waals surface area (Å²) in [5, 5.41) is 2.46. The van der Waals surface area contributed by atoms with E-state index in [0.717, 1.165) is 25.1 Å². The van der Waals surface area contributed by atoms with Crippen LogP contribution in [0.3, 0.4) is 0 Å². The molecule has 3 rings (SSSR count). The van der Waals surface area contributed by atoms with Gasteiger partial charge in [-0.2, -0.15) is 0 Å². The highest BCUT2D eigenvalue weighted by Crippen LogP contribution is 2.31. The molecule has 3 aromatic rings. The van der Waals surface area contributed by atoms with Gasteiger partial charge in [-0.3, -0.25) is 0 Å². The van der Waals surface area contributed by atoms with E-state index in [0.29, 0.717) is 6.61 Å². The van der Waals surface area contributed by atoms with Crippen molar-refractivity contribution in [3.8, 4) is 0 Å². The first-order valence-electron chi connectivity index (χ1n) is 9.68. The second kappa shape index (κ2) is 7.53. The van der Waals surface area contributed by atoms with Crippen molar-refractivity contribution in [2.24, 2.45) is 0 Å². The van der Waals surface area contributed by atoms with Crippen LogP contribution in [0.4, 0.5) is 5.69 Å². The highest BCUT2D eigenvalue weighted by molar-refractivity contribution is 6.08. The molecule has 0 aliphatic rings. The Hall–Kier alpha value is -2.04. The summed E-state index contributed by atoms with van der Waals surface area (Å²) in [6, 6.07) is 14.7. The number of anilines is 1. The van der Waals surface area contributed by atoms with Gasteiger partial charge in [0.1, 0.15) is 0 Å². The van der Waals surface area contributed by atoms with E-state index in [2.05, 4.69) is 68.7 Å². The number of hydrogen-bond acceptors (Lipinski definition) is 3. The van der Waals surface area contributed by atoms with Crippen LogP contribution >= 0.6 is 0 Å². The molecule has 0 aliphatic carbocycles. The van der Waals surface area contributed by atoms with Crippen molar-refractivity contribution in [3.05, 3.63) is 42.5 Å². The van der Waals surface area contributed by atoms with E-state index < -0.39 is 0 Å². The molecular formula is C23H32N2O2. The molecule has 0 atom stereocenters. The highest BCUT2D eigenvalue weighted by Gasteiger charge is 2.22. The molecule has 1 aromatic heterocycles. The third-order valence-electron chi connectivity index (χ3n) is 5.48. The molecule has 27 heavy (non-hydrogen) atoms. The molecule has 0 amide bonds. The van der Waals surface area contributed by atoms with Crippen molar-refractivity contribution < 1.29 is 9.47 Å². The summed E-state index contributed by atoms with van der Waals surface area (Å²) in [5.41, 5.74) is 8.95. The number of nitrogens with zero attached hydrogens (tertiary/aromatic N) is 1. The first-order valence-corrected chi connectivity index (χ1v) is 9.68. The molecule has 2 N–H and O–H groups in total. The molecule has 0 unspecified atom stereocenters. The molecule has 0 saturated heterocycles. The standard InChI is InChI=1S/C23H32N2O2/c1-22(2,26-5)13-15-27-23(3,4)12-14-25-20-9-7-6-8-18(20)19-16-17(24)10-11-21(19)25/h6-11,16H,12-15,24H2,1-5H3. The quantitative estimate of drug-likeness (QED) is 0.543. The van der Waals surface area contributed by atoms with Gasteiger partial charge in [-0.15, -0.1) is 0 Å². The van der Waals surface area contributed by atoms with Crippen molar-refractivity contribution in [3.63, 3.8) is 0 Å². The number of nitrogens with two attached hydrogens (primary N) is 1. The van der Waals surface area contributed by atoms with E-state index >= 15 is 0 Å². The maximum atomic E-state index is 6.20. The van der Waals surface area contributed by atoms with E-state index in [4.69, 9.17) is 15.2 Å². The van der Waals surface area contributed by atoms with Gasteiger partial charge in [0.25, 0.3) is 0 Å². The van der Waals surface area contributed by atoms with Crippen molar-refractivity contribution in [2.45, 2.75) is 58.3 Å². The molecule has 1 heterocycles. The number of rotatable bonds is 8. The summed E-state index contributed by atoms with van der Waals surface area (Å²) >= 11 is 0. The smallest absolute Gasteiger partial charge is 0.0644 e. The van der Waals surface area contributed by atoms with E-state index in [1.807, 2.05) is 6.07 Å². The molecule has 0 radical (unpaired) electrons. The number of ether oxygens (including phenoxy) is 2. The Labute approximate surface area is 162 Å². The predicted octanol–water partition coefficient (Wildman–Crippen LogP) is 5.38. The number of para-hydroxylation sites is 1. The molecular weight excluding hydrogens is 336 g/mol. The number of aromatic nitrogens is 1. The summed E-state index contributed by atoms with van der Waals surface area (Å²) < 4.78 is 14.1. The van der Waals surface area contributed by atoms with Gasteiger partial charge in [-0.1, -0.05) is 18.2 Å². The number of fused-ring (bicyclic) bond motifs is 3. The van der Waals surface area contributed by atoms with Crippen molar-refractivity contribution in [1.82, 2.24) is 4.57 Å². The zero-order valence-corrected chi connectivity index (χ0v) is 17.2. The molecule has 0 bridgehead atoms. The summed E-state index contributed by atoms with van der Waals surface area (Å²) in [6.45, 7) is 10.1. The molecule has 0 spiro atoms. The van der Waals surface area contributed by atoms with E-state index in [1.165, 1.54) is 21.8 Å². The number of benzene rings is 2. The third kappa shape index (κ3) is 4.45. The zero-order valence-electron chi connectivity index (χ0n) is 17.2. The number of hydrogen-bond donors (Lipinski definition) is 1. The first kappa shape index (κ1) is 19.7. The average molecular weight is 369 g/mol. The third-order valence-corrected chi connectivity index (χ3v) is 5.48. The van der Waals surface area contributed by atoms with Gasteiger partial charge in [-0.25, -0.2) is 0 Å². The topological polar surface area (TPSA) is 49.4 Å². The average Bonchev–Trinajstić information content (AvgIpc) is 2.93. The van der Waals surface area contributed by atoms with E-state index in [9.17, 15) is 0 Å². The number of methoxy groups -OCH3 is 1. The van der Waals surface area contributed by atoms with Crippen LogP contribution in [-0.4, -0.2) is 29.5 Å². The van der Waals surface area contributed by atoms with Crippen LogP contribution < -0.4 is 5.73 Å². The molecule has 2 aromatic carbocycles. The lowest BCUT2D eigenvalue weighted by atomic mass is 10.0. The van der Waals surface area contributed by atoms with E-state index in [-0.39, 0.29) is 11.2 Å². The van der Waals surface area contributed by atoms with Gasteiger partial charge < -0.3 is 19.8 Å². The Bertz CT molecular complexity index is 925. The molecule has 4 heteroatoms. The second-order valence-electron chi connectivity index (χ2n) is 8.52. The fourth-order valence-corrected chi connectivity index (χ4v) is 3.44. The fourth-order valence-electron chi connectivity index (χ4n) is 3.44. The lowest BCUT2D eigenvalue weighted by molar-refractivity contribution is -0.0623. The van der Waals surface area contributed by atoms with Gasteiger partial charge >= 0.3 is 0 Å². The second-order valence-corrected chi connectivity index (χ2v) is 8.52. The first-order chi connectivity index (χ1) is 12.7. The Morgan fingerprint density at radius 1 is 0.889 bits per heavy atom. The minimum atomic E-state index is -0.199. The molecule has 0 fully saturated rings. The summed E-state index contributed by atoms with van der Waals surface area (Å²) in [4.78, 5) is 0. The summed E-state index contributed by atoms with van der Waals surface area (Å²) in [7, 11) is 1.75. The molecule has 0 aliphatic heterocycles. The van der Waals surface area contributed by atoms with Crippen molar-refractivity contribution in [2.75, 3.05) is 19.5 Å². The molecule has 0 saturated carbocycles. The zero-order chi connectivity index (χ0) is 19.7. The normalized spacial score (nSPS) is 12.9. The Balaban J connectivity index is 1.78. The van der Waals surface area contributed by atoms with E-state index in [1.54, 1.807) is 7.11 Å². The van der Waals surface area contributed by atoms with Gasteiger partial charge in [-0.05, 0) is 64.8 Å². The van der Waals surface area contributed by atoms with Crippen molar-refractivity contribution >= 4 is 27.5 Å². The summed E-state index contributed by atoms with van der Waals surface area (Å²) in [6.07, 6.45) is 1.81. The van der Waals surface area contributed by atoms with Gasteiger partial charge in [0, 0.05) is 41.1 Å².